The van der Waals surface area contributed by atoms with Crippen molar-refractivity contribution in [3.05, 3.63) is 34.6 Å². The number of benzene rings is 1. The van der Waals surface area contributed by atoms with Crippen LogP contribution in [0.5, 0.6) is 0 Å². The Kier molecular flexibility index (Phi) is 5.13. The summed E-state index contributed by atoms with van der Waals surface area (Å²) >= 11 is 0. The van der Waals surface area contributed by atoms with E-state index in [1.807, 2.05) is 33.0 Å². The molecule has 0 aliphatic carbocycles. The second kappa shape index (κ2) is 6.15. The molecule has 96 valence electrons. The highest BCUT2D eigenvalue weighted by atomic mass is 19.1. The average molecular weight is 237 g/mol. The zero-order valence-corrected chi connectivity index (χ0v) is 11.6. The molecule has 0 aliphatic heterocycles. The van der Waals surface area contributed by atoms with Gasteiger partial charge in [-0.2, -0.15) is 0 Å². The normalized spacial score (nSPS) is 14.7. The van der Waals surface area contributed by atoms with E-state index in [-0.39, 0.29) is 5.82 Å². The largest absolute Gasteiger partial charge is 0.313 e. The molecular weight excluding hydrogens is 213 g/mol. The minimum atomic E-state index is -0.0767. The molecule has 0 aromatic heterocycles. The lowest BCUT2D eigenvalue weighted by Crippen LogP contribution is -2.19. The van der Waals surface area contributed by atoms with Crippen LogP contribution in [0.2, 0.25) is 0 Å². The van der Waals surface area contributed by atoms with Gasteiger partial charge in [-0.25, -0.2) is 4.39 Å². The number of nitrogens with one attached hydrogen (secondary N) is 1. The van der Waals surface area contributed by atoms with E-state index in [0.29, 0.717) is 12.0 Å². The monoisotopic (exact) mass is 237 g/mol. The fourth-order valence-electron chi connectivity index (χ4n) is 2.17. The van der Waals surface area contributed by atoms with E-state index < -0.39 is 0 Å². The van der Waals surface area contributed by atoms with Gasteiger partial charge in [0.1, 0.15) is 5.82 Å². The summed E-state index contributed by atoms with van der Waals surface area (Å²) in [6.07, 6.45) is 2.27. The van der Waals surface area contributed by atoms with Crippen LogP contribution in [-0.4, -0.2) is 7.05 Å². The number of hydrogen-bond acceptors (Lipinski definition) is 1. The van der Waals surface area contributed by atoms with Crippen molar-refractivity contribution in [1.82, 2.24) is 5.32 Å². The predicted molar refractivity (Wildman–Crippen MR) is 71.7 cm³/mol. The molecule has 17 heavy (non-hydrogen) atoms. The summed E-state index contributed by atoms with van der Waals surface area (Å²) in [7, 11) is 1.97. The summed E-state index contributed by atoms with van der Waals surface area (Å²) < 4.78 is 13.6. The van der Waals surface area contributed by atoms with Gasteiger partial charge in [0.15, 0.2) is 0 Å². The van der Waals surface area contributed by atoms with Gasteiger partial charge in [-0.1, -0.05) is 32.4 Å². The van der Waals surface area contributed by atoms with Crippen molar-refractivity contribution >= 4 is 0 Å². The highest BCUT2D eigenvalue weighted by Crippen LogP contribution is 2.25. The molecule has 0 fully saturated rings. The molecule has 1 aromatic rings. The van der Waals surface area contributed by atoms with Crippen LogP contribution in [0, 0.1) is 25.6 Å². The molecule has 1 rings (SSSR count). The van der Waals surface area contributed by atoms with Gasteiger partial charge in [0.2, 0.25) is 0 Å². The molecule has 0 bridgehead atoms. The summed E-state index contributed by atoms with van der Waals surface area (Å²) in [6, 6.07) is 4.25. The fourth-order valence-corrected chi connectivity index (χ4v) is 2.17. The van der Waals surface area contributed by atoms with Crippen LogP contribution in [0.1, 0.15) is 49.4 Å². The molecule has 0 amide bonds. The van der Waals surface area contributed by atoms with E-state index in [0.717, 1.165) is 17.5 Å². The van der Waals surface area contributed by atoms with Crippen molar-refractivity contribution in [2.24, 2.45) is 5.92 Å². The first-order chi connectivity index (χ1) is 7.99. The Balaban J connectivity index is 2.96. The summed E-state index contributed by atoms with van der Waals surface area (Å²) in [5.74, 6) is 0.602. The second-order valence-corrected chi connectivity index (χ2v) is 5.06. The Morgan fingerprint density at radius 1 is 1.24 bits per heavy atom. The van der Waals surface area contributed by atoms with E-state index in [9.17, 15) is 4.39 Å². The highest BCUT2D eigenvalue weighted by molar-refractivity contribution is 5.32. The molecule has 1 nitrogen and oxygen atoms in total. The van der Waals surface area contributed by atoms with E-state index in [1.54, 1.807) is 0 Å². The van der Waals surface area contributed by atoms with E-state index in [1.165, 1.54) is 12.0 Å². The van der Waals surface area contributed by atoms with Crippen LogP contribution in [-0.2, 0) is 0 Å². The minimum absolute atomic E-state index is 0.0767. The first-order valence-electron chi connectivity index (χ1n) is 6.43. The van der Waals surface area contributed by atoms with E-state index >= 15 is 0 Å². The zero-order chi connectivity index (χ0) is 13.0. The summed E-state index contributed by atoms with van der Waals surface area (Å²) in [4.78, 5) is 0. The van der Waals surface area contributed by atoms with Gasteiger partial charge in [0.05, 0.1) is 0 Å². The summed E-state index contributed by atoms with van der Waals surface area (Å²) in [5.41, 5.74) is 2.68. The second-order valence-electron chi connectivity index (χ2n) is 5.06. The van der Waals surface area contributed by atoms with Crippen LogP contribution in [0.4, 0.5) is 4.39 Å². The molecule has 2 atom stereocenters. The average Bonchev–Trinajstić information content (AvgIpc) is 2.31. The minimum Gasteiger partial charge on any atom is -0.313 e. The number of aryl methyl sites for hydroxylation is 2. The molecule has 1 N–H and O–H groups in total. The van der Waals surface area contributed by atoms with E-state index in [2.05, 4.69) is 19.2 Å². The van der Waals surface area contributed by atoms with Crippen LogP contribution < -0.4 is 5.32 Å². The van der Waals surface area contributed by atoms with Crippen molar-refractivity contribution in [2.75, 3.05) is 7.05 Å². The maximum Gasteiger partial charge on any atom is 0.129 e. The van der Waals surface area contributed by atoms with Crippen molar-refractivity contribution in [1.29, 1.82) is 0 Å². The van der Waals surface area contributed by atoms with Gasteiger partial charge in [-0.15, -0.1) is 0 Å². The first kappa shape index (κ1) is 14.2. The Morgan fingerprint density at radius 2 is 1.76 bits per heavy atom. The van der Waals surface area contributed by atoms with E-state index in [4.69, 9.17) is 0 Å². The lowest BCUT2D eigenvalue weighted by atomic mass is 9.92. The predicted octanol–water partition coefficient (Wildman–Crippen LogP) is 4.14. The Labute approximate surface area is 104 Å². The molecule has 0 aliphatic rings. The number of halogens is 1. The Bertz CT molecular complexity index is 350. The lowest BCUT2D eigenvalue weighted by molar-refractivity contribution is 0.421. The smallest absolute Gasteiger partial charge is 0.129 e. The summed E-state index contributed by atoms with van der Waals surface area (Å²) in [5, 5.41) is 3.34. The quantitative estimate of drug-likeness (QED) is 0.811. The van der Waals surface area contributed by atoms with Gasteiger partial charge in [0, 0.05) is 6.04 Å². The molecule has 0 saturated carbocycles. The molecular formula is C15H24FN. The topological polar surface area (TPSA) is 12.0 Å². The van der Waals surface area contributed by atoms with Crippen LogP contribution in [0.3, 0.4) is 0 Å². The van der Waals surface area contributed by atoms with Crippen molar-refractivity contribution in [2.45, 2.75) is 46.6 Å². The maximum atomic E-state index is 13.6. The van der Waals surface area contributed by atoms with Crippen LogP contribution >= 0.6 is 0 Å². The third kappa shape index (κ3) is 3.53. The van der Waals surface area contributed by atoms with Crippen molar-refractivity contribution in [3.8, 4) is 0 Å². The molecule has 0 heterocycles. The standard InChI is InChI=1S/C15H24FN/c1-6-10(2)7-14(17-5)13-8-11(3)15(16)12(4)9-13/h8-10,14,17H,6-7H2,1-5H3. The SMILES string of the molecule is CCC(C)CC(NC)c1cc(C)c(F)c(C)c1. The third-order valence-corrected chi connectivity index (χ3v) is 3.54. The molecule has 2 heteroatoms. The molecule has 0 spiro atoms. The number of hydrogen-bond donors (Lipinski definition) is 1. The van der Waals surface area contributed by atoms with Gasteiger partial charge < -0.3 is 5.32 Å². The summed E-state index contributed by atoms with van der Waals surface area (Å²) in [6.45, 7) is 8.13. The first-order valence-corrected chi connectivity index (χ1v) is 6.43. The Hall–Kier alpha value is -0.890. The van der Waals surface area contributed by atoms with Crippen molar-refractivity contribution < 1.29 is 4.39 Å². The molecule has 1 aromatic carbocycles. The van der Waals surface area contributed by atoms with Crippen LogP contribution in [0.15, 0.2) is 12.1 Å². The molecule has 2 unspecified atom stereocenters. The Morgan fingerprint density at radius 3 is 2.18 bits per heavy atom. The molecule has 0 radical (unpaired) electrons. The van der Waals surface area contributed by atoms with Gasteiger partial charge >= 0.3 is 0 Å². The van der Waals surface area contributed by atoms with Crippen LogP contribution in [0.25, 0.3) is 0 Å². The third-order valence-electron chi connectivity index (χ3n) is 3.54. The zero-order valence-electron chi connectivity index (χ0n) is 11.6. The maximum absolute atomic E-state index is 13.6. The lowest BCUT2D eigenvalue weighted by Gasteiger charge is -2.21. The molecule has 0 saturated heterocycles. The van der Waals surface area contributed by atoms with Gasteiger partial charge in [-0.05, 0) is 49.9 Å². The van der Waals surface area contributed by atoms with Crippen molar-refractivity contribution in [3.63, 3.8) is 0 Å². The number of rotatable bonds is 5. The fraction of sp³-hybridized carbons (Fsp3) is 0.600. The highest BCUT2D eigenvalue weighted by Gasteiger charge is 2.15. The van der Waals surface area contributed by atoms with Gasteiger partial charge in [-0.3, -0.25) is 0 Å². The van der Waals surface area contributed by atoms with Gasteiger partial charge in [0.25, 0.3) is 0 Å².